The van der Waals surface area contributed by atoms with Crippen molar-refractivity contribution in [3.8, 4) is 0 Å². The van der Waals surface area contributed by atoms with Gasteiger partial charge in [0, 0.05) is 49.5 Å². The minimum absolute atomic E-state index is 0.0379. The molecule has 6 nitrogen and oxygen atoms in total. The summed E-state index contributed by atoms with van der Waals surface area (Å²) in [6.45, 7) is 28.2. The monoisotopic (exact) mass is 502 g/mol. The number of anilines is 1. The Kier molecular flexibility index (Phi) is 9.18. The van der Waals surface area contributed by atoms with Crippen molar-refractivity contribution in [2.45, 2.75) is 123 Å². The standard InChI is InChI=1S/C30H54N4O2/c1-27(2,3)34-15-13-33(14-16-34)26-19-23(11-12-31-26)29(7,8)22-30(9,10)32-24-20-25(21-24)35-17-18-36-28(4,5)6/h11-12,19,24-25,32H,13-18,20-22H2,1-10H3/t24-,25+. The lowest BCUT2D eigenvalue weighted by molar-refractivity contribution is -0.0761. The van der Waals surface area contributed by atoms with Gasteiger partial charge < -0.3 is 19.7 Å². The van der Waals surface area contributed by atoms with Crippen LogP contribution >= 0.6 is 0 Å². The molecule has 2 fully saturated rings. The van der Waals surface area contributed by atoms with Crippen molar-refractivity contribution >= 4 is 5.82 Å². The lowest BCUT2D eigenvalue weighted by atomic mass is 9.74. The van der Waals surface area contributed by atoms with Gasteiger partial charge in [-0.3, -0.25) is 4.90 Å². The number of hydrogen-bond donors (Lipinski definition) is 1. The number of rotatable bonds is 10. The molecule has 0 amide bonds. The van der Waals surface area contributed by atoms with E-state index in [9.17, 15) is 0 Å². The molecule has 0 atom stereocenters. The van der Waals surface area contributed by atoms with Crippen LogP contribution in [0.4, 0.5) is 5.82 Å². The average molecular weight is 503 g/mol. The van der Waals surface area contributed by atoms with E-state index in [1.807, 2.05) is 6.20 Å². The predicted octanol–water partition coefficient (Wildman–Crippen LogP) is 5.40. The van der Waals surface area contributed by atoms with Crippen molar-refractivity contribution in [3.63, 3.8) is 0 Å². The number of nitrogens with zero attached hydrogens (tertiary/aromatic N) is 3. The van der Waals surface area contributed by atoms with Crippen LogP contribution in [0.15, 0.2) is 18.3 Å². The highest BCUT2D eigenvalue weighted by atomic mass is 16.5. The third kappa shape index (κ3) is 8.68. The van der Waals surface area contributed by atoms with Gasteiger partial charge in [-0.1, -0.05) is 13.8 Å². The van der Waals surface area contributed by atoms with E-state index in [0.29, 0.717) is 25.4 Å². The summed E-state index contributed by atoms with van der Waals surface area (Å²) in [6, 6.07) is 5.06. The van der Waals surface area contributed by atoms with Crippen molar-refractivity contribution < 1.29 is 9.47 Å². The van der Waals surface area contributed by atoms with Crippen LogP contribution in [-0.4, -0.2) is 78.1 Å². The molecule has 0 unspecified atom stereocenters. The van der Waals surface area contributed by atoms with Gasteiger partial charge in [-0.15, -0.1) is 0 Å². The zero-order valence-corrected chi connectivity index (χ0v) is 24.9. The number of piperazine rings is 1. The fraction of sp³-hybridized carbons (Fsp3) is 0.833. The maximum absolute atomic E-state index is 6.00. The van der Waals surface area contributed by atoms with E-state index in [0.717, 1.165) is 51.3 Å². The molecular formula is C30H54N4O2. The maximum Gasteiger partial charge on any atom is 0.128 e. The molecule has 0 aromatic carbocycles. The molecule has 6 heteroatoms. The number of hydrogen-bond acceptors (Lipinski definition) is 6. The summed E-state index contributed by atoms with van der Waals surface area (Å²) in [7, 11) is 0. The van der Waals surface area contributed by atoms with Gasteiger partial charge in [-0.05, 0) is 97.8 Å². The van der Waals surface area contributed by atoms with Crippen molar-refractivity contribution in [2.75, 3.05) is 44.3 Å². The number of ether oxygens (including phenoxy) is 2. The summed E-state index contributed by atoms with van der Waals surface area (Å²) in [5.41, 5.74) is 1.59. The summed E-state index contributed by atoms with van der Waals surface area (Å²) >= 11 is 0. The molecule has 1 saturated heterocycles. The molecule has 1 aliphatic heterocycles. The molecule has 0 spiro atoms. The average Bonchev–Trinajstić information content (AvgIpc) is 2.72. The highest BCUT2D eigenvalue weighted by molar-refractivity contribution is 5.43. The molecule has 1 saturated carbocycles. The molecule has 1 aliphatic carbocycles. The predicted molar refractivity (Wildman–Crippen MR) is 151 cm³/mol. The van der Waals surface area contributed by atoms with E-state index < -0.39 is 0 Å². The molecule has 206 valence electrons. The Morgan fingerprint density at radius 1 is 0.917 bits per heavy atom. The molecule has 2 aliphatic rings. The summed E-state index contributed by atoms with van der Waals surface area (Å²) in [5, 5.41) is 3.92. The van der Waals surface area contributed by atoms with Crippen molar-refractivity contribution in [1.29, 1.82) is 0 Å². The maximum atomic E-state index is 6.00. The van der Waals surface area contributed by atoms with E-state index in [-0.39, 0.29) is 22.1 Å². The van der Waals surface area contributed by atoms with Crippen LogP contribution in [0.25, 0.3) is 0 Å². The molecule has 1 N–H and O–H groups in total. The number of aromatic nitrogens is 1. The third-order valence-corrected chi connectivity index (χ3v) is 7.62. The SMILES string of the molecule is CC(C)(CC(C)(C)c1ccnc(N2CCN(C(C)(C)C)CC2)c1)N[C@H]1C[C@@H](OCCOC(C)(C)C)C1. The lowest BCUT2D eigenvalue weighted by Gasteiger charge is -2.44. The van der Waals surface area contributed by atoms with E-state index in [1.54, 1.807) is 0 Å². The van der Waals surface area contributed by atoms with Crippen LogP contribution in [0.1, 0.15) is 94.1 Å². The molecule has 1 aromatic rings. The summed E-state index contributed by atoms with van der Waals surface area (Å²) in [6.07, 6.45) is 5.58. The zero-order valence-electron chi connectivity index (χ0n) is 24.9. The summed E-state index contributed by atoms with van der Waals surface area (Å²) < 4.78 is 11.8. The van der Waals surface area contributed by atoms with E-state index in [4.69, 9.17) is 14.5 Å². The van der Waals surface area contributed by atoms with Gasteiger partial charge in [0.2, 0.25) is 0 Å². The minimum Gasteiger partial charge on any atom is -0.376 e. The second kappa shape index (κ2) is 11.3. The first-order chi connectivity index (χ1) is 16.5. The van der Waals surface area contributed by atoms with Crippen LogP contribution in [0.5, 0.6) is 0 Å². The first-order valence-corrected chi connectivity index (χ1v) is 14.0. The molecule has 2 heterocycles. The Hall–Kier alpha value is -1.21. The smallest absolute Gasteiger partial charge is 0.128 e. The van der Waals surface area contributed by atoms with Crippen molar-refractivity contribution in [2.24, 2.45) is 0 Å². The van der Waals surface area contributed by atoms with Crippen LogP contribution in [0, 0.1) is 0 Å². The Labute approximate surface area is 221 Å². The van der Waals surface area contributed by atoms with Crippen LogP contribution in [-0.2, 0) is 14.9 Å². The molecule has 1 aromatic heterocycles. The first kappa shape index (κ1) is 29.3. The van der Waals surface area contributed by atoms with Gasteiger partial charge in [0.05, 0.1) is 24.9 Å². The molecular weight excluding hydrogens is 448 g/mol. The second-order valence-electron chi connectivity index (χ2n) is 14.3. The lowest BCUT2D eigenvalue weighted by Crippen LogP contribution is -2.55. The van der Waals surface area contributed by atoms with Gasteiger partial charge >= 0.3 is 0 Å². The highest BCUT2D eigenvalue weighted by Crippen LogP contribution is 2.35. The number of nitrogens with one attached hydrogen (secondary N) is 1. The van der Waals surface area contributed by atoms with E-state index >= 15 is 0 Å². The van der Waals surface area contributed by atoms with E-state index in [2.05, 4.69) is 96.5 Å². The molecule has 0 bridgehead atoms. The molecule has 0 radical (unpaired) electrons. The van der Waals surface area contributed by atoms with Crippen molar-refractivity contribution in [1.82, 2.24) is 15.2 Å². The Bertz CT molecular complexity index is 826. The van der Waals surface area contributed by atoms with Gasteiger partial charge in [0.1, 0.15) is 5.82 Å². The fourth-order valence-corrected chi connectivity index (χ4v) is 5.81. The van der Waals surface area contributed by atoms with Gasteiger partial charge in [0.15, 0.2) is 0 Å². The van der Waals surface area contributed by atoms with Gasteiger partial charge in [-0.2, -0.15) is 0 Å². The Morgan fingerprint density at radius 3 is 2.14 bits per heavy atom. The van der Waals surface area contributed by atoms with Gasteiger partial charge in [0.25, 0.3) is 0 Å². The zero-order chi connectivity index (χ0) is 26.8. The third-order valence-electron chi connectivity index (χ3n) is 7.62. The normalized spacial score (nSPS) is 22.6. The molecule has 36 heavy (non-hydrogen) atoms. The summed E-state index contributed by atoms with van der Waals surface area (Å²) in [4.78, 5) is 9.77. The fourth-order valence-electron chi connectivity index (χ4n) is 5.81. The first-order valence-electron chi connectivity index (χ1n) is 14.0. The van der Waals surface area contributed by atoms with Crippen LogP contribution < -0.4 is 10.2 Å². The molecule has 3 rings (SSSR count). The van der Waals surface area contributed by atoms with Gasteiger partial charge in [-0.25, -0.2) is 4.98 Å². The second-order valence-corrected chi connectivity index (χ2v) is 14.3. The van der Waals surface area contributed by atoms with Crippen LogP contribution in [0.3, 0.4) is 0 Å². The number of pyridine rings is 1. The minimum atomic E-state index is -0.0965. The highest BCUT2D eigenvalue weighted by Gasteiger charge is 2.37. The van der Waals surface area contributed by atoms with Crippen molar-refractivity contribution in [3.05, 3.63) is 23.9 Å². The topological polar surface area (TPSA) is 49.9 Å². The Balaban J connectivity index is 1.48. The largest absolute Gasteiger partial charge is 0.376 e. The Morgan fingerprint density at radius 2 is 1.56 bits per heavy atom. The quantitative estimate of drug-likeness (QED) is 0.432. The van der Waals surface area contributed by atoms with E-state index in [1.165, 1.54) is 5.56 Å². The summed E-state index contributed by atoms with van der Waals surface area (Å²) in [5.74, 6) is 1.12. The van der Waals surface area contributed by atoms with Crippen LogP contribution in [0.2, 0.25) is 0 Å².